The minimum Gasteiger partial charge on any atom is -0.497 e. The van der Waals surface area contributed by atoms with E-state index in [1.165, 1.54) is 16.9 Å². The fraction of sp³-hybridized carbons (Fsp3) is 0.273. The molecule has 28 heavy (non-hydrogen) atoms. The lowest BCUT2D eigenvalue weighted by molar-refractivity contribution is 0.0623. The van der Waals surface area contributed by atoms with Gasteiger partial charge in [0.15, 0.2) is 0 Å². The lowest BCUT2D eigenvalue weighted by Crippen LogP contribution is -2.48. The molecule has 0 saturated carbocycles. The van der Waals surface area contributed by atoms with Gasteiger partial charge in [0.25, 0.3) is 5.91 Å². The molecule has 0 spiro atoms. The van der Waals surface area contributed by atoms with Crippen molar-refractivity contribution in [1.82, 2.24) is 14.8 Å². The average molecular weight is 394 g/mol. The third-order valence-corrected chi connectivity index (χ3v) is 5.86. The summed E-state index contributed by atoms with van der Waals surface area (Å²) < 4.78 is 5.19. The Hall–Kier alpha value is -2.70. The normalized spacial score (nSPS) is 14.8. The summed E-state index contributed by atoms with van der Waals surface area (Å²) in [7, 11) is 1.65. The van der Waals surface area contributed by atoms with Crippen LogP contribution in [0.1, 0.15) is 16.1 Å². The number of nitrogens with zero attached hydrogens (tertiary/aromatic N) is 3. The second kappa shape index (κ2) is 8.54. The zero-order valence-electron chi connectivity index (χ0n) is 15.9. The van der Waals surface area contributed by atoms with Gasteiger partial charge >= 0.3 is 0 Å². The SMILES string of the molecule is COc1ccc(-c2nc(C(=O)N3CCN(Cc4ccccc4)CC3)cs2)cc1. The first-order chi connectivity index (χ1) is 13.7. The van der Waals surface area contributed by atoms with Crippen molar-refractivity contribution in [3.8, 4) is 16.3 Å². The third kappa shape index (κ3) is 4.24. The van der Waals surface area contributed by atoms with Gasteiger partial charge in [-0.05, 0) is 29.8 Å². The van der Waals surface area contributed by atoms with E-state index in [2.05, 4.69) is 34.1 Å². The van der Waals surface area contributed by atoms with E-state index in [9.17, 15) is 4.79 Å². The zero-order chi connectivity index (χ0) is 19.3. The fourth-order valence-corrected chi connectivity index (χ4v) is 4.15. The van der Waals surface area contributed by atoms with Crippen molar-refractivity contribution in [3.63, 3.8) is 0 Å². The van der Waals surface area contributed by atoms with Gasteiger partial charge in [0.2, 0.25) is 0 Å². The number of thiazole rings is 1. The van der Waals surface area contributed by atoms with Gasteiger partial charge in [0.05, 0.1) is 7.11 Å². The highest BCUT2D eigenvalue weighted by atomic mass is 32.1. The first-order valence-corrected chi connectivity index (χ1v) is 10.3. The molecular formula is C22H23N3O2S. The Morgan fingerprint density at radius 3 is 2.43 bits per heavy atom. The maximum Gasteiger partial charge on any atom is 0.273 e. The summed E-state index contributed by atoms with van der Waals surface area (Å²) in [4.78, 5) is 21.7. The van der Waals surface area contributed by atoms with Gasteiger partial charge in [-0.3, -0.25) is 9.69 Å². The van der Waals surface area contributed by atoms with Crippen molar-refractivity contribution in [1.29, 1.82) is 0 Å². The van der Waals surface area contributed by atoms with Crippen molar-refractivity contribution in [3.05, 3.63) is 71.2 Å². The van der Waals surface area contributed by atoms with Crippen LogP contribution in [-0.4, -0.2) is 54.0 Å². The molecule has 1 fully saturated rings. The van der Waals surface area contributed by atoms with Gasteiger partial charge in [-0.2, -0.15) is 0 Å². The standard InChI is InChI=1S/C22H23N3O2S/c1-27-19-9-7-18(8-10-19)21-23-20(16-28-21)22(26)25-13-11-24(12-14-25)15-17-5-3-2-4-6-17/h2-10,16H,11-15H2,1H3. The molecule has 0 radical (unpaired) electrons. The van der Waals surface area contributed by atoms with Gasteiger partial charge in [0, 0.05) is 43.7 Å². The van der Waals surface area contributed by atoms with Crippen LogP contribution in [0, 0.1) is 0 Å². The predicted molar refractivity (Wildman–Crippen MR) is 112 cm³/mol. The van der Waals surface area contributed by atoms with Crippen molar-refractivity contribution < 1.29 is 9.53 Å². The van der Waals surface area contributed by atoms with Crippen molar-refractivity contribution in [2.75, 3.05) is 33.3 Å². The summed E-state index contributed by atoms with van der Waals surface area (Å²) >= 11 is 1.50. The van der Waals surface area contributed by atoms with Crippen LogP contribution in [0.3, 0.4) is 0 Å². The van der Waals surface area contributed by atoms with Crippen LogP contribution < -0.4 is 4.74 Å². The van der Waals surface area contributed by atoms with Crippen LogP contribution in [0.15, 0.2) is 60.0 Å². The average Bonchev–Trinajstić information content (AvgIpc) is 3.25. The molecule has 0 bridgehead atoms. The summed E-state index contributed by atoms with van der Waals surface area (Å²) in [5.41, 5.74) is 2.84. The van der Waals surface area contributed by atoms with E-state index in [0.29, 0.717) is 5.69 Å². The van der Waals surface area contributed by atoms with Crippen LogP contribution in [0.5, 0.6) is 5.75 Å². The minimum atomic E-state index is 0.0235. The molecule has 144 valence electrons. The highest BCUT2D eigenvalue weighted by Crippen LogP contribution is 2.26. The number of hydrogen-bond donors (Lipinski definition) is 0. The van der Waals surface area contributed by atoms with Crippen LogP contribution in [-0.2, 0) is 6.54 Å². The molecule has 1 aliphatic rings. The maximum absolute atomic E-state index is 12.8. The molecule has 6 heteroatoms. The highest BCUT2D eigenvalue weighted by molar-refractivity contribution is 7.13. The maximum atomic E-state index is 12.8. The molecule has 2 heterocycles. The minimum absolute atomic E-state index is 0.0235. The number of hydrogen-bond acceptors (Lipinski definition) is 5. The number of amides is 1. The molecule has 3 aromatic rings. The predicted octanol–water partition coefficient (Wildman–Crippen LogP) is 3.78. The molecule has 0 aliphatic carbocycles. The molecule has 1 aromatic heterocycles. The zero-order valence-corrected chi connectivity index (χ0v) is 16.7. The fourth-order valence-electron chi connectivity index (χ4n) is 3.35. The molecule has 0 unspecified atom stereocenters. The van der Waals surface area contributed by atoms with Crippen LogP contribution in [0.2, 0.25) is 0 Å². The van der Waals surface area contributed by atoms with E-state index in [1.54, 1.807) is 7.11 Å². The van der Waals surface area contributed by atoms with Crippen LogP contribution >= 0.6 is 11.3 Å². The van der Waals surface area contributed by atoms with E-state index >= 15 is 0 Å². The van der Waals surface area contributed by atoms with Gasteiger partial charge in [-0.1, -0.05) is 30.3 Å². The lowest BCUT2D eigenvalue weighted by atomic mass is 10.2. The summed E-state index contributed by atoms with van der Waals surface area (Å²) in [6, 6.07) is 18.2. The van der Waals surface area contributed by atoms with Crippen molar-refractivity contribution in [2.45, 2.75) is 6.54 Å². The number of rotatable bonds is 5. The van der Waals surface area contributed by atoms with Gasteiger partial charge in [-0.25, -0.2) is 4.98 Å². The first-order valence-electron chi connectivity index (χ1n) is 9.38. The Bertz CT molecular complexity index is 916. The third-order valence-electron chi connectivity index (χ3n) is 4.97. The second-order valence-electron chi connectivity index (χ2n) is 6.82. The van der Waals surface area contributed by atoms with Gasteiger partial charge < -0.3 is 9.64 Å². The molecule has 0 N–H and O–H groups in total. The molecule has 4 rings (SSSR count). The highest BCUT2D eigenvalue weighted by Gasteiger charge is 2.24. The smallest absolute Gasteiger partial charge is 0.273 e. The van der Waals surface area contributed by atoms with E-state index in [-0.39, 0.29) is 5.91 Å². The Kier molecular flexibility index (Phi) is 5.69. The Morgan fingerprint density at radius 2 is 1.75 bits per heavy atom. The van der Waals surface area contributed by atoms with Crippen LogP contribution in [0.25, 0.3) is 10.6 Å². The quantitative estimate of drug-likeness (QED) is 0.662. The summed E-state index contributed by atoms with van der Waals surface area (Å²) in [6.07, 6.45) is 0. The van der Waals surface area contributed by atoms with Crippen molar-refractivity contribution >= 4 is 17.2 Å². The summed E-state index contributed by atoms with van der Waals surface area (Å²) in [5.74, 6) is 0.834. The Labute approximate surface area is 169 Å². The number of methoxy groups -OCH3 is 1. The van der Waals surface area contributed by atoms with E-state index in [4.69, 9.17) is 4.74 Å². The number of carbonyl (C=O) groups is 1. The number of benzene rings is 2. The number of aromatic nitrogens is 1. The molecule has 1 aliphatic heterocycles. The lowest BCUT2D eigenvalue weighted by Gasteiger charge is -2.34. The van der Waals surface area contributed by atoms with Crippen LogP contribution in [0.4, 0.5) is 0 Å². The second-order valence-corrected chi connectivity index (χ2v) is 7.68. The van der Waals surface area contributed by atoms with Gasteiger partial charge in [-0.15, -0.1) is 11.3 Å². The molecular weight excluding hydrogens is 370 g/mol. The van der Waals surface area contributed by atoms with E-state index < -0.39 is 0 Å². The van der Waals surface area contributed by atoms with Gasteiger partial charge in [0.1, 0.15) is 16.5 Å². The van der Waals surface area contributed by atoms with E-state index in [1.807, 2.05) is 40.6 Å². The Morgan fingerprint density at radius 1 is 1.04 bits per heavy atom. The summed E-state index contributed by atoms with van der Waals surface area (Å²) in [6.45, 7) is 4.18. The largest absolute Gasteiger partial charge is 0.497 e. The first kappa shape index (κ1) is 18.7. The molecule has 5 nitrogen and oxygen atoms in total. The molecule has 1 amide bonds. The molecule has 2 aromatic carbocycles. The summed E-state index contributed by atoms with van der Waals surface area (Å²) in [5, 5.41) is 2.71. The number of carbonyl (C=O) groups excluding carboxylic acids is 1. The number of piperazine rings is 1. The Balaban J connectivity index is 1.36. The molecule has 1 saturated heterocycles. The monoisotopic (exact) mass is 393 g/mol. The topological polar surface area (TPSA) is 45.7 Å². The number of ether oxygens (including phenoxy) is 1. The van der Waals surface area contributed by atoms with E-state index in [0.717, 1.165) is 49.0 Å². The molecule has 0 atom stereocenters. The van der Waals surface area contributed by atoms with Crippen molar-refractivity contribution in [2.24, 2.45) is 0 Å².